The maximum absolute atomic E-state index is 4.15. The molecule has 0 aliphatic rings. The fourth-order valence-corrected chi connectivity index (χ4v) is 1.42. The Morgan fingerprint density at radius 2 is 1.47 bits per heavy atom. The third-order valence-electron chi connectivity index (χ3n) is 3.20. The first-order valence-electron chi connectivity index (χ1n) is 7.29. The second kappa shape index (κ2) is 17.9. The summed E-state index contributed by atoms with van der Waals surface area (Å²) in [5, 5.41) is 0. The molecule has 2 atom stereocenters. The predicted molar refractivity (Wildman–Crippen MR) is 84.5 cm³/mol. The summed E-state index contributed by atoms with van der Waals surface area (Å²) in [5.41, 5.74) is 1.45. The van der Waals surface area contributed by atoms with E-state index in [1.807, 2.05) is 13.8 Å². The molecule has 0 aliphatic carbocycles. The second-order valence-electron chi connectivity index (χ2n) is 4.37. The van der Waals surface area contributed by atoms with Crippen molar-refractivity contribution in [2.45, 2.75) is 73.6 Å². The molecule has 0 aromatic rings. The van der Waals surface area contributed by atoms with E-state index in [0.717, 1.165) is 11.8 Å². The van der Waals surface area contributed by atoms with Gasteiger partial charge in [-0.25, -0.2) is 0 Å². The van der Waals surface area contributed by atoms with Crippen LogP contribution < -0.4 is 0 Å². The molecule has 0 nitrogen and oxygen atoms in total. The van der Waals surface area contributed by atoms with Crippen LogP contribution in [-0.2, 0) is 0 Å². The van der Waals surface area contributed by atoms with Crippen molar-refractivity contribution in [2.75, 3.05) is 0 Å². The molecule has 0 radical (unpaired) electrons. The van der Waals surface area contributed by atoms with Crippen molar-refractivity contribution in [1.29, 1.82) is 0 Å². The Hall–Kier alpha value is -0.520. The highest BCUT2D eigenvalue weighted by molar-refractivity contribution is 4.98. The van der Waals surface area contributed by atoms with Crippen LogP contribution in [-0.4, -0.2) is 0 Å². The summed E-state index contributed by atoms with van der Waals surface area (Å²) >= 11 is 0. The molecule has 0 aliphatic heterocycles. The lowest BCUT2D eigenvalue weighted by Gasteiger charge is -2.13. The highest BCUT2D eigenvalue weighted by atomic mass is 14.1. The summed E-state index contributed by atoms with van der Waals surface area (Å²) in [6.07, 6.45) is 6.49. The van der Waals surface area contributed by atoms with Gasteiger partial charge in [-0.1, -0.05) is 66.5 Å². The molecule has 0 heteroatoms. The molecule has 0 saturated heterocycles. The summed E-state index contributed by atoms with van der Waals surface area (Å²) in [6, 6.07) is 0. The largest absolute Gasteiger partial charge is 0.106 e. The van der Waals surface area contributed by atoms with E-state index in [2.05, 4.69) is 47.4 Å². The summed E-state index contributed by atoms with van der Waals surface area (Å²) < 4.78 is 0. The Labute approximate surface area is 111 Å². The fraction of sp³-hybridized carbons (Fsp3) is 0.765. The van der Waals surface area contributed by atoms with Gasteiger partial charge in [0.1, 0.15) is 0 Å². The molecule has 2 unspecified atom stereocenters. The van der Waals surface area contributed by atoms with Crippen molar-refractivity contribution >= 4 is 0 Å². The van der Waals surface area contributed by atoms with Crippen molar-refractivity contribution < 1.29 is 0 Å². The first kappa shape index (κ1) is 21.7. The molecule has 0 spiro atoms. The number of hydrogen-bond acceptors (Lipinski definition) is 0. The Morgan fingerprint density at radius 3 is 1.82 bits per heavy atom. The fourth-order valence-electron chi connectivity index (χ4n) is 1.42. The quantitative estimate of drug-likeness (QED) is 0.438. The van der Waals surface area contributed by atoms with Crippen LogP contribution in [0.15, 0.2) is 25.3 Å². The average Bonchev–Trinajstić information content (AvgIpc) is 2.41. The Kier molecular flexibility index (Phi) is 22.8. The SMILES string of the molecule is C=C.C=C(CCCC(C)CC)C(C)CC.CC. The number of hydrogen-bond donors (Lipinski definition) is 0. The smallest absolute Gasteiger partial charge is 0.0237 e. The van der Waals surface area contributed by atoms with Gasteiger partial charge >= 0.3 is 0 Å². The molecule has 0 rings (SSSR count). The third-order valence-corrected chi connectivity index (χ3v) is 3.20. The number of allylic oxidation sites excluding steroid dienone is 1. The normalized spacial score (nSPS) is 12.4. The highest BCUT2D eigenvalue weighted by Crippen LogP contribution is 2.20. The lowest BCUT2D eigenvalue weighted by molar-refractivity contribution is 0.485. The second-order valence-corrected chi connectivity index (χ2v) is 4.37. The van der Waals surface area contributed by atoms with E-state index in [1.165, 1.54) is 37.7 Å². The van der Waals surface area contributed by atoms with Crippen LogP contribution in [0.2, 0.25) is 0 Å². The summed E-state index contributed by atoms with van der Waals surface area (Å²) in [5.74, 6) is 1.61. The minimum Gasteiger partial charge on any atom is -0.106 e. The van der Waals surface area contributed by atoms with Crippen LogP contribution in [0.3, 0.4) is 0 Å². The zero-order valence-corrected chi connectivity index (χ0v) is 13.3. The van der Waals surface area contributed by atoms with Gasteiger partial charge in [0.25, 0.3) is 0 Å². The van der Waals surface area contributed by atoms with Gasteiger partial charge in [-0.2, -0.15) is 0 Å². The van der Waals surface area contributed by atoms with Crippen LogP contribution in [0, 0.1) is 11.8 Å². The summed E-state index contributed by atoms with van der Waals surface area (Å²) in [4.78, 5) is 0. The Bertz CT molecular complexity index is 146. The zero-order valence-electron chi connectivity index (χ0n) is 13.3. The van der Waals surface area contributed by atoms with Crippen molar-refractivity contribution in [2.24, 2.45) is 11.8 Å². The Balaban J connectivity index is -0.000000439. The predicted octanol–water partition coefficient (Wildman–Crippen LogP) is 6.63. The Morgan fingerprint density at radius 1 is 1.00 bits per heavy atom. The van der Waals surface area contributed by atoms with E-state index in [-0.39, 0.29) is 0 Å². The van der Waals surface area contributed by atoms with Crippen LogP contribution in [0.4, 0.5) is 0 Å². The van der Waals surface area contributed by atoms with Crippen molar-refractivity contribution in [1.82, 2.24) is 0 Å². The maximum atomic E-state index is 4.15. The molecule has 104 valence electrons. The van der Waals surface area contributed by atoms with Crippen LogP contribution in [0.1, 0.15) is 73.6 Å². The minimum absolute atomic E-state index is 0.719. The lowest BCUT2D eigenvalue weighted by Crippen LogP contribution is -1.98. The van der Waals surface area contributed by atoms with Gasteiger partial charge in [0.2, 0.25) is 0 Å². The van der Waals surface area contributed by atoms with Gasteiger partial charge in [0.15, 0.2) is 0 Å². The monoisotopic (exact) mass is 240 g/mol. The van der Waals surface area contributed by atoms with E-state index in [0.29, 0.717) is 0 Å². The van der Waals surface area contributed by atoms with Crippen molar-refractivity contribution in [3.05, 3.63) is 25.3 Å². The molecule has 0 fully saturated rings. The summed E-state index contributed by atoms with van der Waals surface area (Å²) in [7, 11) is 0. The lowest BCUT2D eigenvalue weighted by atomic mass is 9.93. The first-order chi connectivity index (χ1) is 8.11. The topological polar surface area (TPSA) is 0 Å². The molecule has 0 aromatic heterocycles. The zero-order chi connectivity index (χ0) is 14.3. The standard InChI is InChI=1S/C13H26.C2H6.C2H4/c1-6-11(3)9-8-10-13(5)12(4)7-2;2*1-2/h11-12H,5-10H2,1-4H3;1-2H3;1-2H2. The van der Waals surface area contributed by atoms with Gasteiger partial charge in [-0.05, 0) is 31.1 Å². The molecule has 17 heavy (non-hydrogen) atoms. The molecular formula is C17H36. The van der Waals surface area contributed by atoms with E-state index < -0.39 is 0 Å². The van der Waals surface area contributed by atoms with E-state index in [9.17, 15) is 0 Å². The van der Waals surface area contributed by atoms with Crippen LogP contribution in [0.5, 0.6) is 0 Å². The molecule has 0 amide bonds. The summed E-state index contributed by atoms with van der Waals surface area (Å²) in [6.45, 7) is 23.3. The average molecular weight is 240 g/mol. The van der Waals surface area contributed by atoms with Gasteiger partial charge in [0.05, 0.1) is 0 Å². The molecule has 0 aromatic carbocycles. The highest BCUT2D eigenvalue weighted by Gasteiger charge is 2.04. The molecule has 0 saturated carbocycles. The van der Waals surface area contributed by atoms with Crippen LogP contribution in [0.25, 0.3) is 0 Å². The molecule has 0 heterocycles. The van der Waals surface area contributed by atoms with Crippen molar-refractivity contribution in [3.8, 4) is 0 Å². The van der Waals surface area contributed by atoms with Gasteiger partial charge in [-0.3, -0.25) is 0 Å². The van der Waals surface area contributed by atoms with Crippen LogP contribution >= 0.6 is 0 Å². The van der Waals surface area contributed by atoms with Crippen molar-refractivity contribution in [3.63, 3.8) is 0 Å². The third kappa shape index (κ3) is 15.5. The van der Waals surface area contributed by atoms with Gasteiger partial charge in [0, 0.05) is 0 Å². The molecular weight excluding hydrogens is 204 g/mol. The molecule has 0 N–H and O–H groups in total. The van der Waals surface area contributed by atoms with E-state index in [1.54, 1.807) is 0 Å². The number of rotatable bonds is 7. The van der Waals surface area contributed by atoms with E-state index >= 15 is 0 Å². The first-order valence-corrected chi connectivity index (χ1v) is 7.29. The van der Waals surface area contributed by atoms with Gasteiger partial charge in [-0.15, -0.1) is 13.2 Å². The van der Waals surface area contributed by atoms with Gasteiger partial charge < -0.3 is 0 Å². The maximum Gasteiger partial charge on any atom is -0.0237 e. The minimum atomic E-state index is 0.719. The molecule has 0 bridgehead atoms. The van der Waals surface area contributed by atoms with E-state index in [4.69, 9.17) is 0 Å².